The van der Waals surface area contributed by atoms with Crippen molar-refractivity contribution in [1.82, 2.24) is 9.97 Å². The fourth-order valence-corrected chi connectivity index (χ4v) is 4.79. The quantitative estimate of drug-likeness (QED) is 0.323. The van der Waals surface area contributed by atoms with E-state index in [2.05, 4.69) is 20.6 Å². The molecule has 1 heterocycles. The molecule has 0 aliphatic heterocycles. The van der Waals surface area contributed by atoms with Gasteiger partial charge in [0.2, 0.25) is 0 Å². The Bertz CT molecular complexity index is 1600. The average molecular weight is 527 g/mol. The molecule has 186 valence electrons. The Balaban J connectivity index is 1.75. The van der Waals surface area contributed by atoms with E-state index in [1.165, 1.54) is 25.3 Å². The monoisotopic (exact) mass is 526 g/mol. The molecular formula is C25H23ClN4O5S. The zero-order valence-corrected chi connectivity index (χ0v) is 21.3. The van der Waals surface area contributed by atoms with Crippen LogP contribution >= 0.6 is 11.6 Å². The Labute approximate surface area is 212 Å². The highest BCUT2D eigenvalue weighted by molar-refractivity contribution is 7.90. The van der Waals surface area contributed by atoms with Gasteiger partial charge in [-0.3, -0.25) is 9.59 Å². The van der Waals surface area contributed by atoms with E-state index in [0.717, 1.165) is 6.26 Å². The molecule has 0 bridgehead atoms. The van der Waals surface area contributed by atoms with Crippen LogP contribution in [0.2, 0.25) is 5.02 Å². The third kappa shape index (κ3) is 5.25. The molecule has 11 heteroatoms. The number of anilines is 2. The number of imidazole rings is 1. The molecule has 0 atom stereocenters. The molecule has 0 fully saturated rings. The van der Waals surface area contributed by atoms with Gasteiger partial charge < -0.3 is 20.4 Å². The summed E-state index contributed by atoms with van der Waals surface area (Å²) in [5.74, 6) is -0.607. The predicted octanol–water partition coefficient (Wildman–Crippen LogP) is 4.58. The molecule has 3 N–H and O–H groups in total. The standard InChI is InChI=1S/C25H23ClN4O5S/c1-14-18(26)8-6-9-19(14)29-25(32)17-11-15(12-20-23(17)30-22(28-20)13-35-2)27-24(31)16-7-4-5-10-21(16)36(3,33)34/h4-12H,13H2,1-3H3,(H,27,31)(H,28,30)(H,29,32). The van der Waals surface area contributed by atoms with Gasteiger partial charge in [0.25, 0.3) is 11.8 Å². The molecule has 0 saturated heterocycles. The van der Waals surface area contributed by atoms with Crippen LogP contribution in [0.1, 0.15) is 32.1 Å². The zero-order chi connectivity index (χ0) is 26.0. The number of nitrogens with zero attached hydrogens (tertiary/aromatic N) is 1. The maximum absolute atomic E-state index is 13.3. The molecule has 36 heavy (non-hydrogen) atoms. The number of nitrogens with one attached hydrogen (secondary N) is 3. The van der Waals surface area contributed by atoms with Crippen LogP contribution in [0.3, 0.4) is 0 Å². The number of halogens is 1. The molecule has 0 saturated carbocycles. The molecule has 0 unspecified atom stereocenters. The van der Waals surface area contributed by atoms with Crippen molar-refractivity contribution < 1.29 is 22.7 Å². The lowest BCUT2D eigenvalue weighted by atomic mass is 10.1. The minimum absolute atomic E-state index is 0.00895. The zero-order valence-electron chi connectivity index (χ0n) is 19.7. The summed E-state index contributed by atoms with van der Waals surface area (Å²) >= 11 is 6.19. The highest BCUT2D eigenvalue weighted by Gasteiger charge is 2.21. The van der Waals surface area contributed by atoms with Gasteiger partial charge in [0.15, 0.2) is 9.84 Å². The first-order chi connectivity index (χ1) is 17.1. The molecule has 1 aromatic heterocycles. The van der Waals surface area contributed by atoms with Crippen LogP contribution in [0.4, 0.5) is 11.4 Å². The summed E-state index contributed by atoms with van der Waals surface area (Å²) in [6, 6.07) is 14.2. The Morgan fingerprint density at radius 3 is 2.47 bits per heavy atom. The largest absolute Gasteiger partial charge is 0.377 e. The van der Waals surface area contributed by atoms with Crippen LogP contribution in [0, 0.1) is 6.92 Å². The third-order valence-electron chi connectivity index (χ3n) is 5.47. The third-order valence-corrected chi connectivity index (χ3v) is 7.03. The Kier molecular flexibility index (Phi) is 7.11. The number of carbonyl (C=O) groups excluding carboxylic acids is 2. The number of aromatic nitrogens is 2. The van der Waals surface area contributed by atoms with Gasteiger partial charge in [0.05, 0.1) is 21.5 Å². The van der Waals surface area contributed by atoms with Crippen LogP contribution in [0.15, 0.2) is 59.5 Å². The van der Waals surface area contributed by atoms with Crippen molar-refractivity contribution in [2.75, 3.05) is 24.0 Å². The van der Waals surface area contributed by atoms with Crippen LogP contribution in [-0.2, 0) is 21.2 Å². The molecule has 0 radical (unpaired) electrons. The highest BCUT2D eigenvalue weighted by Crippen LogP contribution is 2.27. The van der Waals surface area contributed by atoms with Crippen LogP contribution in [0.25, 0.3) is 11.0 Å². The number of hydrogen-bond acceptors (Lipinski definition) is 6. The highest BCUT2D eigenvalue weighted by atomic mass is 35.5. The minimum atomic E-state index is -3.64. The lowest BCUT2D eigenvalue weighted by Crippen LogP contribution is -2.17. The van der Waals surface area contributed by atoms with Crippen molar-refractivity contribution in [3.05, 3.63) is 82.1 Å². The first-order valence-corrected chi connectivity index (χ1v) is 13.0. The van der Waals surface area contributed by atoms with E-state index in [-0.39, 0.29) is 28.3 Å². The van der Waals surface area contributed by atoms with E-state index in [1.54, 1.807) is 43.3 Å². The van der Waals surface area contributed by atoms with Crippen LogP contribution in [-0.4, -0.2) is 43.6 Å². The van der Waals surface area contributed by atoms with E-state index >= 15 is 0 Å². The maximum Gasteiger partial charge on any atom is 0.258 e. The van der Waals surface area contributed by atoms with Crippen molar-refractivity contribution in [1.29, 1.82) is 0 Å². The number of rotatable bonds is 7. The topological polar surface area (TPSA) is 130 Å². The van der Waals surface area contributed by atoms with Gasteiger partial charge in [0.1, 0.15) is 17.9 Å². The summed E-state index contributed by atoms with van der Waals surface area (Å²) in [5, 5.41) is 6.05. The lowest BCUT2D eigenvalue weighted by Gasteiger charge is -2.12. The minimum Gasteiger partial charge on any atom is -0.377 e. The number of methoxy groups -OCH3 is 1. The number of aromatic amines is 1. The van der Waals surface area contributed by atoms with Gasteiger partial charge >= 0.3 is 0 Å². The Morgan fingerprint density at radius 1 is 1.03 bits per heavy atom. The second kappa shape index (κ2) is 10.1. The number of amides is 2. The molecular weight excluding hydrogens is 504 g/mol. The maximum atomic E-state index is 13.3. The molecule has 0 aliphatic carbocycles. The predicted molar refractivity (Wildman–Crippen MR) is 138 cm³/mol. The first-order valence-electron chi connectivity index (χ1n) is 10.8. The number of hydrogen-bond donors (Lipinski definition) is 3. The fourth-order valence-electron chi connectivity index (χ4n) is 3.73. The van der Waals surface area contributed by atoms with Crippen molar-refractivity contribution in [3.8, 4) is 0 Å². The normalized spacial score (nSPS) is 11.4. The lowest BCUT2D eigenvalue weighted by molar-refractivity contribution is 0.101. The molecule has 4 rings (SSSR count). The smallest absolute Gasteiger partial charge is 0.258 e. The summed E-state index contributed by atoms with van der Waals surface area (Å²) in [6.45, 7) is 1.97. The first kappa shape index (κ1) is 25.4. The Hall–Kier alpha value is -3.73. The molecule has 2 amide bonds. The van der Waals surface area contributed by atoms with Crippen molar-refractivity contribution in [2.24, 2.45) is 0 Å². The van der Waals surface area contributed by atoms with E-state index in [1.807, 2.05) is 0 Å². The van der Waals surface area contributed by atoms with E-state index in [0.29, 0.717) is 33.1 Å². The summed E-state index contributed by atoms with van der Waals surface area (Å²) < 4.78 is 29.4. The summed E-state index contributed by atoms with van der Waals surface area (Å²) in [4.78, 5) is 33.8. The number of fused-ring (bicyclic) bond motifs is 1. The number of carbonyl (C=O) groups is 2. The van der Waals surface area contributed by atoms with Gasteiger partial charge in [-0.2, -0.15) is 0 Å². The van der Waals surface area contributed by atoms with Crippen molar-refractivity contribution in [2.45, 2.75) is 18.4 Å². The molecule has 3 aromatic carbocycles. The van der Waals surface area contributed by atoms with Crippen LogP contribution < -0.4 is 10.6 Å². The second-order valence-electron chi connectivity index (χ2n) is 8.13. The SMILES string of the molecule is COCc1nc2c(C(=O)Nc3cccc(Cl)c3C)cc(NC(=O)c3ccccc3S(C)(=O)=O)cc2[nH]1. The molecule has 0 aliphatic rings. The molecule has 0 spiro atoms. The average Bonchev–Trinajstić information content (AvgIpc) is 3.23. The van der Waals surface area contributed by atoms with Crippen molar-refractivity contribution >= 4 is 55.7 Å². The number of H-pyrrole nitrogens is 1. The van der Waals surface area contributed by atoms with Crippen molar-refractivity contribution in [3.63, 3.8) is 0 Å². The van der Waals surface area contributed by atoms with Gasteiger partial charge in [-0.15, -0.1) is 0 Å². The summed E-state index contributed by atoms with van der Waals surface area (Å²) in [7, 11) is -2.12. The van der Waals surface area contributed by atoms with E-state index in [9.17, 15) is 18.0 Å². The summed E-state index contributed by atoms with van der Waals surface area (Å²) in [6.07, 6.45) is 1.04. The number of benzene rings is 3. The van der Waals surface area contributed by atoms with Gasteiger partial charge in [-0.1, -0.05) is 29.8 Å². The van der Waals surface area contributed by atoms with E-state index in [4.69, 9.17) is 16.3 Å². The van der Waals surface area contributed by atoms with Crippen LogP contribution in [0.5, 0.6) is 0 Å². The fraction of sp³-hybridized carbons (Fsp3) is 0.160. The summed E-state index contributed by atoms with van der Waals surface area (Å²) in [5.41, 5.74) is 2.56. The van der Waals surface area contributed by atoms with Gasteiger partial charge in [-0.05, 0) is 48.9 Å². The van der Waals surface area contributed by atoms with E-state index < -0.39 is 21.7 Å². The number of sulfone groups is 1. The molecule has 4 aromatic rings. The number of ether oxygens (including phenoxy) is 1. The van der Waals surface area contributed by atoms with Gasteiger partial charge in [-0.25, -0.2) is 13.4 Å². The van der Waals surface area contributed by atoms with Gasteiger partial charge in [0, 0.05) is 29.8 Å². The Morgan fingerprint density at radius 2 is 1.75 bits per heavy atom. The second-order valence-corrected chi connectivity index (χ2v) is 10.5. The molecule has 9 nitrogen and oxygen atoms in total.